The van der Waals surface area contributed by atoms with E-state index in [0.717, 1.165) is 16.3 Å². The largest absolute Gasteiger partial charge is 0.389 e. The molecule has 2 heterocycles. The summed E-state index contributed by atoms with van der Waals surface area (Å²) in [4.78, 5) is 4.23. The fourth-order valence-electron chi connectivity index (χ4n) is 1.07. The number of nitrogens with zero attached hydrogens (tertiary/aromatic N) is 3. The van der Waals surface area contributed by atoms with Crippen LogP contribution in [0.4, 0.5) is 0 Å². The Kier molecular flexibility index (Phi) is 2.12. The highest BCUT2D eigenvalue weighted by Gasteiger charge is 2.04. The summed E-state index contributed by atoms with van der Waals surface area (Å²) in [6.45, 7) is 0.00489. The van der Waals surface area contributed by atoms with Crippen molar-refractivity contribution < 1.29 is 5.11 Å². The van der Waals surface area contributed by atoms with Gasteiger partial charge in [0.15, 0.2) is 0 Å². The van der Waals surface area contributed by atoms with Crippen LogP contribution in [0.15, 0.2) is 17.8 Å². The topological polar surface area (TPSA) is 50.9 Å². The van der Waals surface area contributed by atoms with Gasteiger partial charge in [0.05, 0.1) is 18.5 Å². The van der Waals surface area contributed by atoms with Gasteiger partial charge in [-0.1, -0.05) is 0 Å². The van der Waals surface area contributed by atoms with Crippen LogP contribution in [0.1, 0.15) is 5.01 Å². The first-order chi connectivity index (χ1) is 6.29. The van der Waals surface area contributed by atoms with Crippen molar-refractivity contribution >= 4 is 11.3 Å². The van der Waals surface area contributed by atoms with E-state index >= 15 is 0 Å². The van der Waals surface area contributed by atoms with Gasteiger partial charge in [-0.25, -0.2) is 4.98 Å². The van der Waals surface area contributed by atoms with E-state index in [9.17, 15) is 0 Å². The number of thiazole rings is 1. The molecule has 0 radical (unpaired) electrons. The zero-order chi connectivity index (χ0) is 9.26. The third kappa shape index (κ3) is 1.61. The molecular weight excluding hydrogens is 186 g/mol. The monoisotopic (exact) mass is 195 g/mol. The molecule has 0 amide bonds. The van der Waals surface area contributed by atoms with Crippen molar-refractivity contribution in [1.82, 2.24) is 14.8 Å². The van der Waals surface area contributed by atoms with Crippen molar-refractivity contribution in [2.24, 2.45) is 7.05 Å². The Morgan fingerprint density at radius 1 is 1.62 bits per heavy atom. The number of rotatable bonds is 2. The van der Waals surface area contributed by atoms with Gasteiger partial charge in [0.1, 0.15) is 5.01 Å². The van der Waals surface area contributed by atoms with Crippen LogP contribution in [0, 0.1) is 0 Å². The van der Waals surface area contributed by atoms with Crippen LogP contribution in [0.3, 0.4) is 0 Å². The Hall–Kier alpha value is -1.20. The van der Waals surface area contributed by atoms with Crippen LogP contribution in [-0.2, 0) is 13.7 Å². The van der Waals surface area contributed by atoms with E-state index in [1.807, 2.05) is 18.6 Å². The highest BCUT2D eigenvalue weighted by molar-refractivity contribution is 7.09. The smallest absolute Gasteiger partial charge is 0.119 e. The quantitative estimate of drug-likeness (QED) is 0.778. The predicted molar refractivity (Wildman–Crippen MR) is 50.2 cm³/mol. The molecular formula is C8H9N3OS. The molecule has 0 aliphatic rings. The van der Waals surface area contributed by atoms with Gasteiger partial charge >= 0.3 is 0 Å². The van der Waals surface area contributed by atoms with Crippen LogP contribution in [0.2, 0.25) is 0 Å². The fourth-order valence-corrected chi connectivity index (χ4v) is 1.73. The zero-order valence-electron chi connectivity index (χ0n) is 7.14. The molecule has 5 heteroatoms. The van der Waals surface area contributed by atoms with Crippen LogP contribution in [-0.4, -0.2) is 19.9 Å². The van der Waals surface area contributed by atoms with E-state index in [2.05, 4.69) is 10.1 Å². The van der Waals surface area contributed by atoms with Gasteiger partial charge < -0.3 is 5.11 Å². The van der Waals surface area contributed by atoms with E-state index in [1.165, 1.54) is 11.3 Å². The molecule has 0 unspecified atom stereocenters. The number of hydrogen-bond donors (Lipinski definition) is 1. The molecule has 0 saturated heterocycles. The number of aromatic nitrogens is 3. The number of aliphatic hydroxyl groups excluding tert-OH is 1. The van der Waals surface area contributed by atoms with Crippen LogP contribution >= 0.6 is 11.3 Å². The third-order valence-electron chi connectivity index (χ3n) is 1.69. The van der Waals surface area contributed by atoms with Crippen molar-refractivity contribution in [3.05, 3.63) is 22.8 Å². The van der Waals surface area contributed by atoms with Crippen molar-refractivity contribution in [3.63, 3.8) is 0 Å². The lowest BCUT2D eigenvalue weighted by Gasteiger charge is -1.87. The maximum atomic E-state index is 8.83. The summed E-state index contributed by atoms with van der Waals surface area (Å²) in [6, 6.07) is 0. The highest BCUT2D eigenvalue weighted by atomic mass is 32.1. The summed E-state index contributed by atoms with van der Waals surface area (Å²) >= 11 is 1.46. The van der Waals surface area contributed by atoms with Gasteiger partial charge in [-0.15, -0.1) is 11.3 Å². The second kappa shape index (κ2) is 3.27. The van der Waals surface area contributed by atoms with E-state index in [0.29, 0.717) is 0 Å². The van der Waals surface area contributed by atoms with Gasteiger partial charge in [0, 0.05) is 24.2 Å². The Bertz CT molecular complexity index is 407. The standard InChI is InChI=1S/C8H9N3OS/c1-11-3-6(2-9-11)7-5-13-8(4-12)10-7/h2-3,5,12H,4H2,1H3. The van der Waals surface area contributed by atoms with Crippen molar-refractivity contribution in [2.75, 3.05) is 0 Å². The summed E-state index contributed by atoms with van der Waals surface area (Å²) in [5.74, 6) is 0. The van der Waals surface area contributed by atoms with Gasteiger partial charge in [0.25, 0.3) is 0 Å². The van der Waals surface area contributed by atoms with E-state index in [1.54, 1.807) is 10.9 Å². The molecule has 0 bridgehead atoms. The summed E-state index contributed by atoms with van der Waals surface area (Å²) in [5.41, 5.74) is 1.86. The molecule has 0 aliphatic carbocycles. The molecule has 2 aromatic heterocycles. The molecule has 2 rings (SSSR count). The fraction of sp³-hybridized carbons (Fsp3) is 0.250. The zero-order valence-corrected chi connectivity index (χ0v) is 7.95. The molecule has 0 fully saturated rings. The average Bonchev–Trinajstić information content (AvgIpc) is 2.71. The number of aryl methyl sites for hydroxylation is 1. The number of hydrogen-bond acceptors (Lipinski definition) is 4. The van der Waals surface area contributed by atoms with Crippen molar-refractivity contribution in [3.8, 4) is 11.3 Å². The Balaban J connectivity index is 2.35. The minimum atomic E-state index is 0.00489. The molecule has 2 aromatic rings. The van der Waals surface area contributed by atoms with Crippen molar-refractivity contribution in [2.45, 2.75) is 6.61 Å². The molecule has 1 N–H and O–H groups in total. The van der Waals surface area contributed by atoms with E-state index < -0.39 is 0 Å². The first-order valence-electron chi connectivity index (χ1n) is 3.84. The first kappa shape index (κ1) is 8.40. The van der Waals surface area contributed by atoms with Gasteiger partial charge in [0.2, 0.25) is 0 Å². The van der Waals surface area contributed by atoms with E-state index in [4.69, 9.17) is 5.11 Å². The third-order valence-corrected chi connectivity index (χ3v) is 2.52. The minimum absolute atomic E-state index is 0.00489. The molecule has 0 aliphatic heterocycles. The summed E-state index contributed by atoms with van der Waals surface area (Å²) in [6.07, 6.45) is 3.66. The molecule has 0 aromatic carbocycles. The molecule has 0 saturated carbocycles. The maximum absolute atomic E-state index is 8.83. The molecule has 4 nitrogen and oxygen atoms in total. The Morgan fingerprint density at radius 3 is 3.00 bits per heavy atom. The highest BCUT2D eigenvalue weighted by Crippen LogP contribution is 2.20. The molecule has 0 atom stereocenters. The molecule has 68 valence electrons. The van der Waals surface area contributed by atoms with E-state index in [-0.39, 0.29) is 6.61 Å². The summed E-state index contributed by atoms with van der Waals surface area (Å²) in [7, 11) is 1.86. The normalized spacial score (nSPS) is 10.6. The van der Waals surface area contributed by atoms with Gasteiger partial charge in [-0.3, -0.25) is 4.68 Å². The number of aliphatic hydroxyl groups is 1. The molecule has 0 spiro atoms. The lowest BCUT2D eigenvalue weighted by atomic mass is 10.3. The van der Waals surface area contributed by atoms with Crippen LogP contribution < -0.4 is 0 Å². The Labute approximate surface area is 79.5 Å². The summed E-state index contributed by atoms with van der Waals surface area (Å²) < 4.78 is 1.73. The van der Waals surface area contributed by atoms with Gasteiger partial charge in [-0.05, 0) is 0 Å². The molecule has 13 heavy (non-hydrogen) atoms. The maximum Gasteiger partial charge on any atom is 0.119 e. The van der Waals surface area contributed by atoms with Crippen LogP contribution in [0.5, 0.6) is 0 Å². The van der Waals surface area contributed by atoms with Crippen molar-refractivity contribution in [1.29, 1.82) is 0 Å². The first-order valence-corrected chi connectivity index (χ1v) is 4.72. The lowest BCUT2D eigenvalue weighted by Crippen LogP contribution is -1.84. The lowest BCUT2D eigenvalue weighted by molar-refractivity contribution is 0.281. The SMILES string of the molecule is Cn1cc(-c2csc(CO)n2)cn1. The predicted octanol–water partition coefficient (Wildman–Crippen LogP) is 1.04. The average molecular weight is 195 g/mol. The second-order valence-electron chi connectivity index (χ2n) is 2.69. The Morgan fingerprint density at radius 2 is 2.46 bits per heavy atom. The van der Waals surface area contributed by atoms with Crippen LogP contribution in [0.25, 0.3) is 11.3 Å². The minimum Gasteiger partial charge on any atom is -0.389 e. The summed E-state index contributed by atoms with van der Waals surface area (Å²) in [5, 5.41) is 15.5. The second-order valence-corrected chi connectivity index (χ2v) is 3.63. The van der Waals surface area contributed by atoms with Gasteiger partial charge in [-0.2, -0.15) is 5.10 Å².